The molecule has 2 aromatic rings. The summed E-state index contributed by atoms with van der Waals surface area (Å²) in [4.78, 5) is 0. The SMILES string of the molecule is CC(O)(c1cccc(Br)c1)c1cscc1Br. The van der Waals surface area contributed by atoms with Crippen molar-refractivity contribution in [3.8, 4) is 0 Å². The summed E-state index contributed by atoms with van der Waals surface area (Å²) in [6.45, 7) is 1.81. The normalized spacial score (nSPS) is 14.8. The summed E-state index contributed by atoms with van der Waals surface area (Å²) in [5.74, 6) is 0. The maximum atomic E-state index is 10.6. The number of aliphatic hydroxyl groups is 1. The summed E-state index contributed by atoms with van der Waals surface area (Å²) >= 11 is 8.45. The van der Waals surface area contributed by atoms with E-state index in [1.807, 2.05) is 41.9 Å². The topological polar surface area (TPSA) is 20.2 Å². The molecule has 0 aliphatic rings. The molecule has 16 heavy (non-hydrogen) atoms. The first-order valence-electron chi connectivity index (χ1n) is 4.72. The van der Waals surface area contributed by atoms with Gasteiger partial charge in [-0.05, 0) is 45.9 Å². The van der Waals surface area contributed by atoms with E-state index in [-0.39, 0.29) is 0 Å². The van der Waals surface area contributed by atoms with Gasteiger partial charge in [-0.25, -0.2) is 0 Å². The van der Waals surface area contributed by atoms with Crippen LogP contribution in [0.25, 0.3) is 0 Å². The highest BCUT2D eigenvalue weighted by atomic mass is 79.9. The van der Waals surface area contributed by atoms with Crippen molar-refractivity contribution in [3.05, 3.63) is 55.1 Å². The van der Waals surface area contributed by atoms with E-state index < -0.39 is 5.60 Å². The minimum Gasteiger partial charge on any atom is -0.381 e. The molecule has 1 nitrogen and oxygen atoms in total. The van der Waals surface area contributed by atoms with E-state index in [0.717, 1.165) is 20.1 Å². The molecule has 0 fully saturated rings. The molecule has 0 spiro atoms. The maximum Gasteiger partial charge on any atom is 0.114 e. The molecule has 0 saturated heterocycles. The average Bonchev–Trinajstić information content (AvgIpc) is 2.65. The second kappa shape index (κ2) is 4.61. The van der Waals surface area contributed by atoms with Crippen LogP contribution in [-0.4, -0.2) is 5.11 Å². The van der Waals surface area contributed by atoms with Gasteiger partial charge in [-0.1, -0.05) is 28.1 Å². The molecule has 1 aromatic heterocycles. The van der Waals surface area contributed by atoms with Gasteiger partial charge in [0.2, 0.25) is 0 Å². The lowest BCUT2D eigenvalue weighted by Crippen LogP contribution is -2.22. The Labute approximate surface area is 115 Å². The van der Waals surface area contributed by atoms with E-state index in [1.54, 1.807) is 11.3 Å². The molecule has 1 aromatic carbocycles. The van der Waals surface area contributed by atoms with Crippen LogP contribution in [0.1, 0.15) is 18.1 Å². The minimum atomic E-state index is -0.970. The van der Waals surface area contributed by atoms with E-state index in [2.05, 4.69) is 31.9 Å². The first kappa shape index (κ1) is 12.3. The molecule has 1 heterocycles. The lowest BCUT2D eigenvalue weighted by Gasteiger charge is -2.24. The number of hydrogen-bond acceptors (Lipinski definition) is 2. The number of thiophene rings is 1. The van der Waals surface area contributed by atoms with Crippen molar-refractivity contribution in [3.63, 3.8) is 0 Å². The number of benzene rings is 1. The Hall–Kier alpha value is -0.160. The zero-order chi connectivity index (χ0) is 11.8. The molecule has 0 aliphatic carbocycles. The molecular weight excluding hydrogens is 352 g/mol. The van der Waals surface area contributed by atoms with Gasteiger partial charge in [-0.2, -0.15) is 11.3 Å². The molecule has 1 atom stereocenters. The quantitative estimate of drug-likeness (QED) is 0.833. The second-order valence-corrected chi connectivity index (χ2v) is 6.23. The van der Waals surface area contributed by atoms with Gasteiger partial charge in [0.15, 0.2) is 0 Å². The molecule has 0 saturated carbocycles. The van der Waals surface area contributed by atoms with Crippen molar-refractivity contribution in [2.75, 3.05) is 0 Å². The van der Waals surface area contributed by atoms with Crippen molar-refractivity contribution in [2.24, 2.45) is 0 Å². The molecule has 1 N–H and O–H groups in total. The molecule has 1 unspecified atom stereocenters. The number of rotatable bonds is 2. The van der Waals surface area contributed by atoms with Crippen molar-refractivity contribution in [1.29, 1.82) is 0 Å². The van der Waals surface area contributed by atoms with Crippen molar-refractivity contribution >= 4 is 43.2 Å². The van der Waals surface area contributed by atoms with Gasteiger partial charge in [0.25, 0.3) is 0 Å². The van der Waals surface area contributed by atoms with Crippen LogP contribution in [0.4, 0.5) is 0 Å². The summed E-state index contributed by atoms with van der Waals surface area (Å²) < 4.78 is 1.92. The van der Waals surface area contributed by atoms with Gasteiger partial charge in [-0.3, -0.25) is 0 Å². The van der Waals surface area contributed by atoms with Crippen LogP contribution in [0.15, 0.2) is 44.0 Å². The van der Waals surface area contributed by atoms with Crippen LogP contribution in [0.5, 0.6) is 0 Å². The first-order chi connectivity index (χ1) is 7.51. The molecule has 0 aliphatic heterocycles. The Morgan fingerprint density at radius 2 is 2.00 bits per heavy atom. The van der Waals surface area contributed by atoms with E-state index >= 15 is 0 Å². The fraction of sp³-hybridized carbons (Fsp3) is 0.167. The fourth-order valence-electron chi connectivity index (χ4n) is 1.58. The third kappa shape index (κ3) is 2.25. The summed E-state index contributed by atoms with van der Waals surface area (Å²) in [6, 6.07) is 7.73. The highest BCUT2D eigenvalue weighted by Gasteiger charge is 2.28. The molecule has 2 rings (SSSR count). The molecule has 0 bridgehead atoms. The van der Waals surface area contributed by atoms with Gasteiger partial charge >= 0.3 is 0 Å². The van der Waals surface area contributed by atoms with Crippen molar-refractivity contribution in [1.82, 2.24) is 0 Å². The van der Waals surface area contributed by atoms with Crippen molar-refractivity contribution < 1.29 is 5.11 Å². The van der Waals surface area contributed by atoms with E-state index in [9.17, 15) is 5.11 Å². The lowest BCUT2D eigenvalue weighted by molar-refractivity contribution is 0.102. The Bertz CT molecular complexity index is 505. The monoisotopic (exact) mass is 360 g/mol. The molecular formula is C12H10Br2OS. The third-order valence-corrected chi connectivity index (χ3v) is 4.72. The molecule has 84 valence electrons. The van der Waals surface area contributed by atoms with Gasteiger partial charge in [0, 0.05) is 19.9 Å². The van der Waals surface area contributed by atoms with Crippen LogP contribution < -0.4 is 0 Å². The summed E-state index contributed by atoms with van der Waals surface area (Å²) in [7, 11) is 0. The molecule has 0 radical (unpaired) electrons. The number of halogens is 2. The minimum absolute atomic E-state index is 0.876. The number of hydrogen-bond donors (Lipinski definition) is 1. The third-order valence-electron chi connectivity index (χ3n) is 2.53. The summed E-state index contributed by atoms with van der Waals surface area (Å²) in [5.41, 5.74) is 0.805. The lowest BCUT2D eigenvalue weighted by atomic mass is 9.90. The zero-order valence-corrected chi connectivity index (χ0v) is 12.6. The smallest absolute Gasteiger partial charge is 0.114 e. The highest BCUT2D eigenvalue weighted by molar-refractivity contribution is 9.10. The average molecular weight is 362 g/mol. The van der Waals surface area contributed by atoms with Gasteiger partial charge in [0.05, 0.1) is 0 Å². The largest absolute Gasteiger partial charge is 0.381 e. The Kier molecular flexibility index (Phi) is 3.54. The maximum absolute atomic E-state index is 10.6. The van der Waals surface area contributed by atoms with Crippen LogP contribution in [0.2, 0.25) is 0 Å². The predicted octanol–water partition coefficient (Wildman–Crippen LogP) is 4.53. The predicted molar refractivity (Wildman–Crippen MR) is 74.8 cm³/mol. The van der Waals surface area contributed by atoms with E-state index in [4.69, 9.17) is 0 Å². The van der Waals surface area contributed by atoms with E-state index in [1.165, 1.54) is 0 Å². The van der Waals surface area contributed by atoms with Gasteiger partial charge < -0.3 is 5.11 Å². The van der Waals surface area contributed by atoms with Crippen LogP contribution >= 0.6 is 43.2 Å². The Morgan fingerprint density at radius 3 is 2.56 bits per heavy atom. The standard InChI is InChI=1S/C12H10Br2OS/c1-12(15,10-6-16-7-11(10)14)8-3-2-4-9(13)5-8/h2-7,15H,1H3. The zero-order valence-electron chi connectivity index (χ0n) is 8.58. The first-order valence-corrected chi connectivity index (χ1v) is 7.25. The second-order valence-electron chi connectivity index (χ2n) is 3.72. The van der Waals surface area contributed by atoms with Crippen LogP contribution in [0, 0.1) is 0 Å². The fourth-order valence-corrected chi connectivity index (χ4v) is 3.76. The van der Waals surface area contributed by atoms with Gasteiger partial charge in [-0.15, -0.1) is 0 Å². The summed E-state index contributed by atoms with van der Waals surface area (Å²) in [6.07, 6.45) is 0. The Balaban J connectivity index is 2.51. The highest BCUT2D eigenvalue weighted by Crippen LogP contribution is 2.36. The summed E-state index contributed by atoms with van der Waals surface area (Å²) in [5, 5.41) is 14.5. The molecule has 0 amide bonds. The molecule has 4 heteroatoms. The van der Waals surface area contributed by atoms with Crippen molar-refractivity contribution in [2.45, 2.75) is 12.5 Å². The Morgan fingerprint density at radius 1 is 1.25 bits per heavy atom. The van der Waals surface area contributed by atoms with Gasteiger partial charge in [0.1, 0.15) is 5.60 Å². The van der Waals surface area contributed by atoms with Crippen LogP contribution in [-0.2, 0) is 5.60 Å². The van der Waals surface area contributed by atoms with Crippen LogP contribution in [0.3, 0.4) is 0 Å². The van der Waals surface area contributed by atoms with E-state index in [0.29, 0.717) is 0 Å².